The Morgan fingerprint density at radius 3 is 2.55 bits per heavy atom. The summed E-state index contributed by atoms with van der Waals surface area (Å²) in [5, 5.41) is 19.2. The molecule has 0 saturated carbocycles. The first-order valence-corrected chi connectivity index (χ1v) is 7.47. The number of allylic oxidation sites excluding steroid dienone is 3. The van der Waals surface area contributed by atoms with Crippen molar-refractivity contribution in [3.63, 3.8) is 0 Å². The molecule has 0 bridgehead atoms. The second-order valence-electron chi connectivity index (χ2n) is 5.53. The van der Waals surface area contributed by atoms with Crippen molar-refractivity contribution in [2.24, 2.45) is 5.92 Å². The monoisotopic (exact) mass is 308 g/mol. The molecular weight excluding hydrogens is 282 g/mol. The molecule has 122 valence electrons. The summed E-state index contributed by atoms with van der Waals surface area (Å²) in [6.07, 6.45) is 7.02. The molecule has 2 atom stereocenters. The molecule has 5 nitrogen and oxygen atoms in total. The molecule has 0 radical (unpaired) electrons. The average Bonchev–Trinajstić information content (AvgIpc) is 2.41. The van der Waals surface area contributed by atoms with Crippen LogP contribution in [-0.4, -0.2) is 40.1 Å². The number of nitroso groups, excluding NO2 is 1. The predicted octanol–water partition coefficient (Wildman–Crippen LogP) is 1.98. The Hall–Kier alpha value is -1.77. The molecular formula is C17H26NO4+. The largest absolute Gasteiger partial charge is 0.432 e. The van der Waals surface area contributed by atoms with Crippen molar-refractivity contribution < 1.29 is 19.8 Å². The van der Waals surface area contributed by atoms with E-state index in [0.29, 0.717) is 29.9 Å². The molecule has 5 heteroatoms. The minimum atomic E-state index is -0.815. The van der Waals surface area contributed by atoms with E-state index in [0.717, 1.165) is 7.05 Å². The summed E-state index contributed by atoms with van der Waals surface area (Å²) in [6, 6.07) is 0. The number of nitrogens with zero attached hydrogens (tertiary/aromatic N) is 1. The number of hydrogen-bond donors (Lipinski definition) is 2. The Morgan fingerprint density at radius 1 is 1.27 bits per heavy atom. The molecule has 0 fully saturated rings. The fourth-order valence-corrected chi connectivity index (χ4v) is 1.68. The molecule has 0 aliphatic heterocycles. The van der Waals surface area contributed by atoms with Crippen LogP contribution in [0.4, 0.5) is 0 Å². The van der Waals surface area contributed by atoms with E-state index in [-0.39, 0.29) is 6.42 Å². The lowest BCUT2D eigenvalue weighted by molar-refractivity contribution is -0.439. The van der Waals surface area contributed by atoms with Crippen LogP contribution in [0, 0.1) is 22.7 Å². The van der Waals surface area contributed by atoms with Crippen molar-refractivity contribution in [3.8, 4) is 11.8 Å². The lowest BCUT2D eigenvalue weighted by Gasteiger charge is -2.06. The first-order chi connectivity index (χ1) is 10.3. The van der Waals surface area contributed by atoms with E-state index in [2.05, 4.69) is 11.8 Å². The summed E-state index contributed by atoms with van der Waals surface area (Å²) >= 11 is 0. The highest BCUT2D eigenvalue weighted by molar-refractivity contribution is 5.66. The van der Waals surface area contributed by atoms with Crippen molar-refractivity contribution in [2.75, 3.05) is 7.05 Å². The van der Waals surface area contributed by atoms with Crippen molar-refractivity contribution in [1.29, 1.82) is 0 Å². The van der Waals surface area contributed by atoms with Gasteiger partial charge in [-0.3, -0.25) is 0 Å². The fraction of sp³-hybridized carbons (Fsp3) is 0.588. The van der Waals surface area contributed by atoms with Crippen LogP contribution in [0.3, 0.4) is 0 Å². The molecule has 0 saturated heterocycles. The van der Waals surface area contributed by atoms with Crippen molar-refractivity contribution in [3.05, 3.63) is 29.2 Å². The zero-order chi connectivity index (χ0) is 17.0. The van der Waals surface area contributed by atoms with Gasteiger partial charge < -0.3 is 10.2 Å². The third kappa shape index (κ3) is 12.0. The first-order valence-electron chi connectivity index (χ1n) is 7.47. The third-order valence-electron chi connectivity index (χ3n) is 2.81. The standard InChI is InChI=1S/C17H26NO4/c1-14(2)13-16(20)10-7-5-4-6-9-15(19)11-8-12-17(21)18(3)22/h4-5,7,10,14-16,19-20H,8,11-13H2,1-3H3/q+1. The second kappa shape index (κ2) is 11.8. The highest BCUT2D eigenvalue weighted by Gasteiger charge is 2.15. The molecule has 0 aliphatic carbocycles. The maximum Gasteiger partial charge on any atom is 0.432 e. The Balaban J connectivity index is 3.98. The van der Waals surface area contributed by atoms with Crippen molar-refractivity contribution in [1.82, 2.24) is 0 Å². The molecule has 0 spiro atoms. The molecule has 0 aromatic heterocycles. The van der Waals surface area contributed by atoms with Crippen LogP contribution in [0.2, 0.25) is 0 Å². The summed E-state index contributed by atoms with van der Waals surface area (Å²) < 4.78 is 0.293. The molecule has 0 aromatic carbocycles. The number of aliphatic hydroxyl groups excluding tert-OH is 2. The first kappa shape index (κ1) is 20.2. The third-order valence-corrected chi connectivity index (χ3v) is 2.81. The molecule has 0 aliphatic rings. The summed E-state index contributed by atoms with van der Waals surface area (Å²) in [6.45, 7) is 4.09. The molecule has 2 N–H and O–H groups in total. The van der Waals surface area contributed by atoms with E-state index in [4.69, 9.17) is 0 Å². The van der Waals surface area contributed by atoms with Gasteiger partial charge in [-0.2, -0.15) is 0 Å². The van der Waals surface area contributed by atoms with Gasteiger partial charge in [-0.1, -0.05) is 43.9 Å². The number of rotatable bonds is 8. The van der Waals surface area contributed by atoms with Crippen LogP contribution in [0.1, 0.15) is 39.5 Å². The van der Waals surface area contributed by atoms with Gasteiger partial charge in [-0.05, 0) is 31.3 Å². The van der Waals surface area contributed by atoms with E-state index in [9.17, 15) is 19.9 Å². The Kier molecular flexibility index (Phi) is 10.9. The molecule has 0 heterocycles. The van der Waals surface area contributed by atoms with Gasteiger partial charge in [0.1, 0.15) is 6.10 Å². The topological polar surface area (TPSA) is 77.6 Å². The maximum atomic E-state index is 11.0. The van der Waals surface area contributed by atoms with Crippen LogP contribution in [0.5, 0.6) is 0 Å². The van der Waals surface area contributed by atoms with Crippen LogP contribution in [-0.2, 0) is 4.79 Å². The van der Waals surface area contributed by atoms with Gasteiger partial charge in [0, 0.05) is 4.91 Å². The lowest BCUT2D eigenvalue weighted by atomic mass is 10.1. The summed E-state index contributed by atoms with van der Waals surface area (Å²) in [5.41, 5.74) is 0. The maximum absolute atomic E-state index is 11.0. The highest BCUT2D eigenvalue weighted by Crippen LogP contribution is 2.05. The SMILES string of the molecule is CC(C)CC(O)C=CC=CC#CC(O)CCCC(=O)[N+](C)=O. The van der Waals surface area contributed by atoms with Gasteiger partial charge in [0.05, 0.1) is 17.3 Å². The van der Waals surface area contributed by atoms with Gasteiger partial charge in [-0.15, -0.1) is 0 Å². The zero-order valence-corrected chi connectivity index (χ0v) is 13.5. The molecule has 0 rings (SSSR count). The van der Waals surface area contributed by atoms with Gasteiger partial charge in [0.15, 0.2) is 7.05 Å². The van der Waals surface area contributed by atoms with Crippen molar-refractivity contribution in [2.45, 2.75) is 51.7 Å². The van der Waals surface area contributed by atoms with Crippen LogP contribution in [0.25, 0.3) is 0 Å². The predicted molar refractivity (Wildman–Crippen MR) is 85.9 cm³/mol. The van der Waals surface area contributed by atoms with E-state index in [1.165, 1.54) is 0 Å². The lowest BCUT2D eigenvalue weighted by Crippen LogP contribution is -2.13. The number of hydrogen-bond acceptors (Lipinski definition) is 4. The van der Waals surface area contributed by atoms with E-state index >= 15 is 0 Å². The molecule has 1 amide bonds. The number of carbonyl (C=O) groups is 1. The van der Waals surface area contributed by atoms with Gasteiger partial charge in [0.2, 0.25) is 0 Å². The molecule has 0 aromatic rings. The summed E-state index contributed by atoms with van der Waals surface area (Å²) in [7, 11) is 1.16. The van der Waals surface area contributed by atoms with Gasteiger partial charge in [-0.25, -0.2) is 4.79 Å². The number of carbonyl (C=O) groups excluding carboxylic acids is 1. The zero-order valence-electron chi connectivity index (χ0n) is 13.5. The normalized spacial score (nSPS) is 14.1. The minimum absolute atomic E-state index is 0.116. The van der Waals surface area contributed by atoms with Gasteiger partial charge >= 0.3 is 5.91 Å². The van der Waals surface area contributed by atoms with E-state index in [1.807, 2.05) is 13.8 Å². The highest BCUT2D eigenvalue weighted by atomic mass is 16.3. The average molecular weight is 308 g/mol. The van der Waals surface area contributed by atoms with Crippen molar-refractivity contribution >= 4 is 5.91 Å². The Morgan fingerprint density at radius 2 is 1.95 bits per heavy atom. The van der Waals surface area contributed by atoms with Crippen LogP contribution in [0.15, 0.2) is 24.3 Å². The summed E-state index contributed by atoms with van der Waals surface area (Å²) in [4.78, 5) is 21.7. The second-order valence-corrected chi connectivity index (χ2v) is 5.53. The number of aliphatic hydroxyl groups is 2. The minimum Gasteiger partial charge on any atom is -0.389 e. The summed E-state index contributed by atoms with van der Waals surface area (Å²) in [5.74, 6) is 5.26. The van der Waals surface area contributed by atoms with Crippen LogP contribution >= 0.6 is 0 Å². The quantitative estimate of drug-likeness (QED) is 0.408. The van der Waals surface area contributed by atoms with E-state index < -0.39 is 18.1 Å². The smallest absolute Gasteiger partial charge is 0.389 e. The Bertz CT molecular complexity index is 469. The fourth-order valence-electron chi connectivity index (χ4n) is 1.68. The molecule has 2 unspecified atom stereocenters. The number of amides is 1. The van der Waals surface area contributed by atoms with Crippen LogP contribution < -0.4 is 0 Å². The van der Waals surface area contributed by atoms with Gasteiger partial charge in [0.25, 0.3) is 0 Å². The Labute approximate surface area is 132 Å². The molecule has 22 heavy (non-hydrogen) atoms. The van der Waals surface area contributed by atoms with E-state index in [1.54, 1.807) is 24.3 Å².